The zero-order valence-corrected chi connectivity index (χ0v) is 19.9. The Kier molecular flexibility index (Phi) is 27.9. The first-order chi connectivity index (χ1) is 11.7. The van der Waals surface area contributed by atoms with Crippen LogP contribution in [-0.4, -0.2) is 43.1 Å². The lowest BCUT2D eigenvalue weighted by Gasteiger charge is -2.08. The van der Waals surface area contributed by atoms with Gasteiger partial charge in [0.1, 0.15) is 10.5 Å². The third-order valence-electron chi connectivity index (χ3n) is 4.46. The molecular weight excluding hydrogens is 310 g/mol. The molecule has 0 spiro atoms. The molecule has 148 valence electrons. The van der Waals surface area contributed by atoms with Crippen LogP contribution in [0.4, 0.5) is 0 Å². The fourth-order valence-electron chi connectivity index (χ4n) is 2.98. The van der Waals surface area contributed by atoms with Gasteiger partial charge in [0.25, 0.3) is 0 Å². The summed E-state index contributed by atoms with van der Waals surface area (Å²) in [5.74, 6) is 0. The Morgan fingerprint density at radius 2 is 0.833 bits per heavy atom. The molecule has 0 aliphatic carbocycles. The predicted octanol–water partition coefficient (Wildman–Crippen LogP) is 5.72. The molecule has 0 radical (unpaired) electrons. The predicted molar refractivity (Wildman–Crippen MR) is 115 cm³/mol. The Balaban J connectivity index is 0. The van der Waals surface area contributed by atoms with E-state index in [4.69, 9.17) is 0 Å². The molecule has 0 saturated carbocycles. The highest BCUT2D eigenvalue weighted by molar-refractivity contribution is 5.97. The van der Waals surface area contributed by atoms with Gasteiger partial charge in [-0.1, -0.05) is 103 Å². The molecule has 24 heavy (non-hydrogen) atoms. The van der Waals surface area contributed by atoms with Crippen molar-refractivity contribution < 1.29 is 4.43 Å². The van der Waals surface area contributed by atoms with Crippen LogP contribution in [0.15, 0.2) is 0 Å². The van der Waals surface area contributed by atoms with Crippen LogP contribution < -0.4 is 0 Å². The van der Waals surface area contributed by atoms with Crippen LogP contribution in [0.3, 0.4) is 0 Å². The van der Waals surface area contributed by atoms with Gasteiger partial charge in [-0.2, -0.15) is 0 Å². The Hall–Kier alpha value is 0.137. The SMILES string of the molecule is CCCCCCCCCCCCCCCCCCN(C)C.CO[SiH3]. The minimum atomic E-state index is 0.869. The molecule has 0 fully saturated rings. The molecule has 0 aliphatic rings. The smallest absolute Gasteiger partial charge is 0.145 e. The summed E-state index contributed by atoms with van der Waals surface area (Å²) >= 11 is 0. The number of hydrogen-bond acceptors (Lipinski definition) is 2. The maximum Gasteiger partial charge on any atom is 0.145 e. The second-order valence-electron chi connectivity index (χ2n) is 7.51. The minimum absolute atomic E-state index is 0.869. The molecule has 0 aromatic carbocycles. The van der Waals surface area contributed by atoms with Crippen molar-refractivity contribution in [3.05, 3.63) is 0 Å². The molecule has 0 aliphatic heterocycles. The van der Waals surface area contributed by atoms with E-state index in [-0.39, 0.29) is 0 Å². The van der Waals surface area contributed by atoms with E-state index >= 15 is 0 Å². The fourth-order valence-corrected chi connectivity index (χ4v) is 2.98. The molecule has 0 heterocycles. The lowest BCUT2D eigenvalue weighted by molar-refractivity contribution is 0.389. The average molecular weight is 360 g/mol. The van der Waals surface area contributed by atoms with E-state index in [1.165, 1.54) is 109 Å². The fraction of sp³-hybridized carbons (Fsp3) is 1.00. The Morgan fingerprint density at radius 3 is 1.08 bits per heavy atom. The van der Waals surface area contributed by atoms with Crippen LogP contribution in [0.5, 0.6) is 0 Å². The van der Waals surface area contributed by atoms with Crippen LogP contribution in [0.1, 0.15) is 110 Å². The van der Waals surface area contributed by atoms with E-state index in [0.717, 1.165) is 10.5 Å². The van der Waals surface area contributed by atoms with Crippen molar-refractivity contribution in [2.75, 3.05) is 27.7 Å². The van der Waals surface area contributed by atoms with Crippen LogP contribution >= 0.6 is 0 Å². The van der Waals surface area contributed by atoms with Gasteiger partial charge in [0, 0.05) is 7.11 Å². The van der Waals surface area contributed by atoms with Crippen molar-refractivity contribution in [3.63, 3.8) is 0 Å². The molecule has 3 heteroatoms. The highest BCUT2D eigenvalue weighted by atomic mass is 28.2. The number of rotatable bonds is 17. The van der Waals surface area contributed by atoms with Crippen molar-refractivity contribution in [2.45, 2.75) is 110 Å². The highest BCUT2D eigenvalue weighted by Crippen LogP contribution is 2.13. The molecule has 0 atom stereocenters. The van der Waals surface area contributed by atoms with Crippen LogP contribution in [0.25, 0.3) is 0 Å². The van der Waals surface area contributed by atoms with Crippen molar-refractivity contribution in [2.24, 2.45) is 0 Å². The van der Waals surface area contributed by atoms with Crippen molar-refractivity contribution >= 4 is 10.5 Å². The maximum atomic E-state index is 4.39. The minimum Gasteiger partial charge on any atom is -0.431 e. The molecule has 0 rings (SSSR count). The summed E-state index contributed by atoms with van der Waals surface area (Å²) in [6.07, 6.45) is 23.3. The van der Waals surface area contributed by atoms with E-state index in [2.05, 4.69) is 30.3 Å². The summed E-state index contributed by atoms with van der Waals surface area (Å²) in [6.45, 7) is 3.56. The zero-order valence-electron chi connectivity index (χ0n) is 17.9. The molecule has 0 N–H and O–H groups in total. The van der Waals surface area contributed by atoms with E-state index < -0.39 is 0 Å². The number of nitrogens with zero attached hydrogens (tertiary/aromatic N) is 1. The van der Waals surface area contributed by atoms with Gasteiger partial charge in [-0.05, 0) is 27.1 Å². The van der Waals surface area contributed by atoms with Gasteiger partial charge >= 0.3 is 0 Å². The third kappa shape index (κ3) is 30.1. The molecule has 0 aromatic heterocycles. The number of hydrogen-bond donors (Lipinski definition) is 0. The number of unbranched alkanes of at least 4 members (excludes halogenated alkanes) is 15. The molecule has 0 amide bonds. The highest BCUT2D eigenvalue weighted by Gasteiger charge is 1.95. The van der Waals surface area contributed by atoms with Crippen molar-refractivity contribution in [1.82, 2.24) is 4.90 Å². The molecule has 0 unspecified atom stereocenters. The summed E-state index contributed by atoms with van der Waals surface area (Å²) < 4.78 is 4.39. The van der Waals surface area contributed by atoms with Gasteiger partial charge in [-0.3, -0.25) is 0 Å². The summed E-state index contributed by atoms with van der Waals surface area (Å²) in [4.78, 5) is 2.30. The first-order valence-corrected chi connectivity index (χ1v) is 11.6. The second-order valence-corrected chi connectivity index (χ2v) is 8.33. The van der Waals surface area contributed by atoms with E-state index in [1.54, 1.807) is 7.11 Å². The molecule has 2 nitrogen and oxygen atoms in total. The molecule has 0 bridgehead atoms. The monoisotopic (exact) mass is 359 g/mol. The molecular formula is C21H49NOSi. The molecule has 0 saturated heterocycles. The second kappa shape index (κ2) is 25.4. The Morgan fingerprint density at radius 1 is 0.583 bits per heavy atom. The van der Waals surface area contributed by atoms with Crippen molar-refractivity contribution in [1.29, 1.82) is 0 Å². The van der Waals surface area contributed by atoms with Gasteiger partial charge in [-0.25, -0.2) is 0 Å². The van der Waals surface area contributed by atoms with E-state index in [0.29, 0.717) is 0 Å². The quantitative estimate of drug-likeness (QED) is 0.243. The van der Waals surface area contributed by atoms with Crippen LogP contribution in [0, 0.1) is 0 Å². The van der Waals surface area contributed by atoms with Gasteiger partial charge < -0.3 is 9.33 Å². The molecule has 0 aromatic rings. The Labute approximate surface area is 157 Å². The standard InChI is InChI=1S/C20H43N.CH6OSi/c1-4-5-6-7-8-9-10-11-12-13-14-15-16-17-18-19-20-21(2)3;1-2-3/h4-20H2,1-3H3;1,3H3. The largest absolute Gasteiger partial charge is 0.431 e. The maximum absolute atomic E-state index is 4.39. The lowest BCUT2D eigenvalue weighted by atomic mass is 10.0. The van der Waals surface area contributed by atoms with Crippen molar-refractivity contribution in [3.8, 4) is 0 Å². The summed E-state index contributed by atoms with van der Waals surface area (Å²) in [5, 5.41) is 0. The van der Waals surface area contributed by atoms with Gasteiger partial charge in [0.05, 0.1) is 0 Å². The normalized spacial score (nSPS) is 10.9. The topological polar surface area (TPSA) is 12.5 Å². The van der Waals surface area contributed by atoms with Gasteiger partial charge in [0.15, 0.2) is 0 Å². The first-order valence-electron chi connectivity index (χ1n) is 10.7. The van der Waals surface area contributed by atoms with E-state index in [9.17, 15) is 0 Å². The summed E-state index contributed by atoms with van der Waals surface area (Å²) in [5.41, 5.74) is 0. The van der Waals surface area contributed by atoms with Crippen LogP contribution in [0.2, 0.25) is 0 Å². The zero-order chi connectivity index (χ0) is 18.3. The van der Waals surface area contributed by atoms with E-state index in [1.807, 2.05) is 0 Å². The van der Waals surface area contributed by atoms with Crippen LogP contribution in [-0.2, 0) is 4.43 Å². The summed E-state index contributed by atoms with van der Waals surface area (Å²) in [7, 11) is 6.90. The summed E-state index contributed by atoms with van der Waals surface area (Å²) in [6, 6.07) is 0. The Bertz CT molecular complexity index is 200. The van der Waals surface area contributed by atoms with Gasteiger partial charge in [0.2, 0.25) is 0 Å². The van der Waals surface area contributed by atoms with Gasteiger partial charge in [-0.15, -0.1) is 0 Å². The lowest BCUT2D eigenvalue weighted by Crippen LogP contribution is -2.12. The average Bonchev–Trinajstić information content (AvgIpc) is 2.55. The first kappa shape index (κ1) is 26.4. The third-order valence-corrected chi connectivity index (χ3v) is 4.46.